The summed E-state index contributed by atoms with van der Waals surface area (Å²) in [7, 11) is 0. The summed E-state index contributed by atoms with van der Waals surface area (Å²) in [5, 5.41) is 14.0. The minimum absolute atomic E-state index is 0.369. The molecule has 0 aliphatic rings. The average molecular weight is 268 g/mol. The molecular formula is C12H14ClN3O2. The molecule has 0 amide bonds. The topological polar surface area (TPSA) is 72.0 Å². The molecule has 1 unspecified atom stereocenters. The molecule has 0 bridgehead atoms. The van der Waals surface area contributed by atoms with Crippen LogP contribution in [0.1, 0.15) is 25.7 Å². The molecule has 6 heteroatoms. The van der Waals surface area contributed by atoms with Gasteiger partial charge in [-0.3, -0.25) is 4.98 Å². The van der Waals surface area contributed by atoms with Gasteiger partial charge in [-0.15, -0.1) is 0 Å². The van der Waals surface area contributed by atoms with E-state index in [9.17, 15) is 5.11 Å². The van der Waals surface area contributed by atoms with Gasteiger partial charge in [0.2, 0.25) is 11.7 Å². The zero-order valence-electron chi connectivity index (χ0n) is 10.0. The van der Waals surface area contributed by atoms with E-state index in [0.717, 1.165) is 12.8 Å². The van der Waals surface area contributed by atoms with Gasteiger partial charge in [-0.25, -0.2) is 0 Å². The van der Waals surface area contributed by atoms with Gasteiger partial charge in [0.05, 0.1) is 17.5 Å². The molecule has 0 aliphatic heterocycles. The summed E-state index contributed by atoms with van der Waals surface area (Å²) >= 11 is 5.75. The summed E-state index contributed by atoms with van der Waals surface area (Å²) in [6.45, 7) is 2.01. The van der Waals surface area contributed by atoms with Crippen molar-refractivity contribution in [3.05, 3.63) is 29.2 Å². The second-order valence-electron chi connectivity index (χ2n) is 4.02. The Morgan fingerprint density at radius 3 is 2.94 bits per heavy atom. The van der Waals surface area contributed by atoms with Gasteiger partial charge >= 0.3 is 0 Å². The van der Waals surface area contributed by atoms with Crippen molar-refractivity contribution in [2.24, 2.45) is 0 Å². The molecule has 0 aromatic carbocycles. The van der Waals surface area contributed by atoms with Crippen LogP contribution in [0.3, 0.4) is 0 Å². The number of halogens is 1. The molecule has 5 nitrogen and oxygen atoms in total. The molecule has 96 valence electrons. The van der Waals surface area contributed by atoms with Gasteiger partial charge in [0, 0.05) is 6.20 Å². The minimum Gasteiger partial charge on any atom is -0.393 e. The molecule has 2 heterocycles. The first kappa shape index (κ1) is 13.0. The lowest BCUT2D eigenvalue weighted by atomic mass is 10.1. The molecule has 2 aromatic rings. The normalized spacial score (nSPS) is 12.6. The third kappa shape index (κ3) is 3.27. The molecule has 1 N–H and O–H groups in total. The van der Waals surface area contributed by atoms with Crippen molar-refractivity contribution in [2.75, 3.05) is 0 Å². The molecule has 2 aromatic heterocycles. The predicted molar refractivity (Wildman–Crippen MR) is 67.2 cm³/mol. The highest BCUT2D eigenvalue weighted by atomic mass is 35.5. The number of aromatic nitrogens is 3. The fourth-order valence-corrected chi connectivity index (χ4v) is 1.70. The van der Waals surface area contributed by atoms with Crippen molar-refractivity contribution in [1.82, 2.24) is 15.1 Å². The van der Waals surface area contributed by atoms with Gasteiger partial charge in [-0.1, -0.05) is 30.1 Å². The van der Waals surface area contributed by atoms with E-state index in [1.54, 1.807) is 12.1 Å². The monoisotopic (exact) mass is 267 g/mol. The highest BCUT2D eigenvalue weighted by Crippen LogP contribution is 2.16. The van der Waals surface area contributed by atoms with E-state index in [0.29, 0.717) is 28.9 Å². The van der Waals surface area contributed by atoms with Crippen LogP contribution in [0.2, 0.25) is 5.02 Å². The van der Waals surface area contributed by atoms with E-state index in [1.807, 2.05) is 6.92 Å². The predicted octanol–water partition coefficient (Wildman–Crippen LogP) is 2.49. The van der Waals surface area contributed by atoms with Crippen LogP contribution in [-0.4, -0.2) is 26.3 Å². The van der Waals surface area contributed by atoms with Crippen LogP contribution >= 0.6 is 11.6 Å². The summed E-state index contributed by atoms with van der Waals surface area (Å²) < 4.78 is 5.07. The van der Waals surface area contributed by atoms with Crippen molar-refractivity contribution >= 4 is 11.6 Å². The number of hydrogen-bond donors (Lipinski definition) is 1. The summed E-state index contributed by atoms with van der Waals surface area (Å²) in [5.74, 6) is 0.827. The Bertz CT molecular complexity index is 498. The van der Waals surface area contributed by atoms with Gasteiger partial charge in [0.1, 0.15) is 5.69 Å². The molecule has 1 atom stereocenters. The van der Waals surface area contributed by atoms with E-state index < -0.39 is 6.10 Å². The zero-order valence-corrected chi connectivity index (χ0v) is 10.8. The molecule has 0 saturated heterocycles. The highest BCUT2D eigenvalue weighted by Gasteiger charge is 2.13. The first-order valence-electron chi connectivity index (χ1n) is 5.81. The van der Waals surface area contributed by atoms with E-state index in [-0.39, 0.29) is 0 Å². The fourth-order valence-electron chi connectivity index (χ4n) is 1.59. The Morgan fingerprint density at radius 2 is 2.28 bits per heavy atom. The van der Waals surface area contributed by atoms with E-state index in [1.165, 1.54) is 6.20 Å². The van der Waals surface area contributed by atoms with Crippen molar-refractivity contribution < 1.29 is 9.63 Å². The molecule has 2 rings (SSSR count). The lowest BCUT2D eigenvalue weighted by Gasteiger charge is -2.03. The molecule has 0 radical (unpaired) electrons. The third-order valence-corrected chi connectivity index (χ3v) is 2.68. The second-order valence-corrected chi connectivity index (χ2v) is 4.46. The van der Waals surface area contributed by atoms with Gasteiger partial charge in [0.15, 0.2) is 0 Å². The fraction of sp³-hybridized carbons (Fsp3) is 0.417. The summed E-state index contributed by atoms with van der Waals surface area (Å²) in [5.41, 5.74) is 0.597. The average Bonchev–Trinajstić information content (AvgIpc) is 2.78. The van der Waals surface area contributed by atoms with Crippen molar-refractivity contribution in [1.29, 1.82) is 0 Å². The van der Waals surface area contributed by atoms with Crippen LogP contribution in [-0.2, 0) is 6.42 Å². The minimum atomic E-state index is -0.443. The SMILES string of the molecule is CCCC(O)Cc1nc(-c2ccc(Cl)cn2)no1. The lowest BCUT2D eigenvalue weighted by molar-refractivity contribution is 0.152. The van der Waals surface area contributed by atoms with Crippen molar-refractivity contribution in [3.8, 4) is 11.5 Å². The van der Waals surface area contributed by atoms with Gasteiger partial charge in [-0.2, -0.15) is 4.98 Å². The molecule has 0 fully saturated rings. The standard InChI is InChI=1S/C12H14ClN3O2/c1-2-3-9(17)6-11-15-12(16-18-11)10-5-4-8(13)7-14-10/h4-5,7,9,17H,2-3,6H2,1H3. The van der Waals surface area contributed by atoms with Crippen molar-refractivity contribution in [3.63, 3.8) is 0 Å². The number of rotatable bonds is 5. The van der Waals surface area contributed by atoms with Crippen molar-refractivity contribution in [2.45, 2.75) is 32.3 Å². The van der Waals surface area contributed by atoms with Crippen LogP contribution < -0.4 is 0 Å². The van der Waals surface area contributed by atoms with Crippen LogP contribution in [0, 0.1) is 0 Å². The third-order valence-electron chi connectivity index (χ3n) is 2.46. The number of nitrogens with zero attached hydrogens (tertiary/aromatic N) is 3. The van der Waals surface area contributed by atoms with Gasteiger partial charge in [0.25, 0.3) is 0 Å². The van der Waals surface area contributed by atoms with Crippen LogP contribution in [0.25, 0.3) is 11.5 Å². The molecule has 0 aliphatic carbocycles. The molecule has 18 heavy (non-hydrogen) atoms. The smallest absolute Gasteiger partial charge is 0.229 e. The van der Waals surface area contributed by atoms with Crippen LogP contribution in [0.4, 0.5) is 0 Å². The maximum atomic E-state index is 9.66. The first-order chi connectivity index (χ1) is 8.69. The second kappa shape index (κ2) is 5.93. The highest BCUT2D eigenvalue weighted by molar-refractivity contribution is 6.30. The Balaban J connectivity index is 2.08. The Hall–Kier alpha value is -1.46. The summed E-state index contributed by atoms with van der Waals surface area (Å²) in [6.07, 6.45) is 3.09. The maximum absolute atomic E-state index is 9.66. The van der Waals surface area contributed by atoms with E-state index in [2.05, 4.69) is 15.1 Å². The Labute approximate surface area is 110 Å². The Morgan fingerprint density at radius 1 is 1.44 bits per heavy atom. The van der Waals surface area contributed by atoms with Crippen LogP contribution in [0.15, 0.2) is 22.9 Å². The van der Waals surface area contributed by atoms with E-state index >= 15 is 0 Å². The van der Waals surface area contributed by atoms with Gasteiger partial charge in [-0.05, 0) is 18.6 Å². The summed E-state index contributed by atoms with van der Waals surface area (Å²) in [6, 6.07) is 3.44. The largest absolute Gasteiger partial charge is 0.393 e. The number of hydrogen-bond acceptors (Lipinski definition) is 5. The summed E-state index contributed by atoms with van der Waals surface area (Å²) in [4.78, 5) is 8.29. The number of pyridine rings is 1. The number of aliphatic hydroxyl groups excluding tert-OH is 1. The lowest BCUT2D eigenvalue weighted by Crippen LogP contribution is -2.09. The molecular weight excluding hydrogens is 254 g/mol. The molecule has 0 spiro atoms. The quantitative estimate of drug-likeness (QED) is 0.901. The van der Waals surface area contributed by atoms with E-state index in [4.69, 9.17) is 16.1 Å². The zero-order chi connectivity index (χ0) is 13.0. The Kier molecular flexibility index (Phi) is 4.28. The van der Waals surface area contributed by atoms with Crippen LogP contribution in [0.5, 0.6) is 0 Å². The maximum Gasteiger partial charge on any atom is 0.229 e. The molecule has 0 saturated carbocycles. The first-order valence-corrected chi connectivity index (χ1v) is 6.19. The van der Waals surface area contributed by atoms with Gasteiger partial charge < -0.3 is 9.63 Å². The number of aliphatic hydroxyl groups is 1.